The lowest BCUT2D eigenvalue weighted by Crippen LogP contribution is -2.16. The van der Waals surface area contributed by atoms with E-state index in [0.717, 1.165) is 25.0 Å². The van der Waals surface area contributed by atoms with Crippen LogP contribution in [0.15, 0.2) is 28.8 Å². The normalized spacial score (nSPS) is 18.1. The number of benzene rings is 1. The Morgan fingerprint density at radius 1 is 1.39 bits per heavy atom. The minimum absolute atomic E-state index is 0.173. The van der Waals surface area contributed by atoms with Gasteiger partial charge in [0.1, 0.15) is 5.69 Å². The summed E-state index contributed by atoms with van der Waals surface area (Å²) in [6.45, 7) is 0. The molecule has 5 heteroatoms. The van der Waals surface area contributed by atoms with E-state index in [1.807, 2.05) is 12.2 Å². The molecular weight excluding hydrogens is 304 g/mol. The molecule has 2 rings (SSSR count). The topological polar surface area (TPSA) is 29.1 Å². The van der Waals surface area contributed by atoms with Crippen molar-refractivity contribution < 1.29 is 13.6 Å². The molecule has 0 heterocycles. The fraction of sp³-hybridized carbons (Fsp3) is 0.308. The molecule has 0 aromatic heterocycles. The fourth-order valence-corrected chi connectivity index (χ4v) is 2.36. The summed E-state index contributed by atoms with van der Waals surface area (Å²) >= 11 is 2.98. The van der Waals surface area contributed by atoms with Gasteiger partial charge in [-0.3, -0.25) is 4.79 Å². The molecule has 0 bridgehead atoms. The van der Waals surface area contributed by atoms with Crippen molar-refractivity contribution in [1.82, 2.24) is 0 Å². The molecular formula is C13H12BrF2NO. The van der Waals surface area contributed by atoms with Gasteiger partial charge in [-0.1, -0.05) is 28.1 Å². The second-order valence-electron chi connectivity index (χ2n) is 4.26. The predicted octanol–water partition coefficient (Wildman–Crippen LogP) is 4.02. The third kappa shape index (κ3) is 3.16. The van der Waals surface area contributed by atoms with Crippen LogP contribution in [-0.4, -0.2) is 5.91 Å². The molecule has 2 nitrogen and oxygen atoms in total. The number of rotatable bonds is 3. The molecule has 1 aromatic carbocycles. The van der Waals surface area contributed by atoms with Crippen LogP contribution in [0.25, 0.3) is 0 Å². The van der Waals surface area contributed by atoms with Crippen LogP contribution in [0.1, 0.15) is 19.3 Å². The van der Waals surface area contributed by atoms with Crippen LogP contribution in [0.4, 0.5) is 14.5 Å². The molecule has 0 aliphatic heterocycles. The molecule has 0 saturated heterocycles. The Bertz CT molecular complexity index is 479. The zero-order valence-electron chi connectivity index (χ0n) is 9.55. The van der Waals surface area contributed by atoms with Crippen LogP contribution >= 0.6 is 15.9 Å². The quantitative estimate of drug-likeness (QED) is 0.839. The van der Waals surface area contributed by atoms with Crippen molar-refractivity contribution >= 4 is 27.5 Å². The molecule has 1 aromatic rings. The van der Waals surface area contributed by atoms with Gasteiger partial charge < -0.3 is 5.32 Å². The van der Waals surface area contributed by atoms with E-state index in [1.165, 1.54) is 0 Å². The van der Waals surface area contributed by atoms with E-state index in [2.05, 4.69) is 21.2 Å². The number of nitrogens with one attached hydrogen (secondary N) is 1. The summed E-state index contributed by atoms with van der Waals surface area (Å²) in [6.07, 6.45) is 6.11. The largest absolute Gasteiger partial charge is 0.321 e. The Morgan fingerprint density at radius 3 is 2.61 bits per heavy atom. The van der Waals surface area contributed by atoms with Gasteiger partial charge in [0.15, 0.2) is 11.6 Å². The van der Waals surface area contributed by atoms with E-state index >= 15 is 0 Å². The minimum Gasteiger partial charge on any atom is -0.321 e. The number of halogens is 3. The van der Waals surface area contributed by atoms with E-state index in [1.54, 1.807) is 0 Å². The third-order valence-corrected chi connectivity index (χ3v) is 3.29. The first-order valence-corrected chi connectivity index (χ1v) is 6.46. The molecule has 1 amide bonds. The highest BCUT2D eigenvalue weighted by Crippen LogP contribution is 2.25. The lowest BCUT2D eigenvalue weighted by molar-refractivity contribution is -0.116. The number of hydrogen-bond acceptors (Lipinski definition) is 1. The second-order valence-corrected chi connectivity index (χ2v) is 5.18. The van der Waals surface area contributed by atoms with Crippen molar-refractivity contribution in [2.75, 3.05) is 5.32 Å². The molecule has 1 unspecified atom stereocenters. The minimum atomic E-state index is -0.780. The lowest BCUT2D eigenvalue weighted by atomic mass is 10.1. The second kappa shape index (κ2) is 5.61. The number of anilines is 1. The molecule has 96 valence electrons. The van der Waals surface area contributed by atoms with Gasteiger partial charge in [0, 0.05) is 10.9 Å². The zero-order valence-corrected chi connectivity index (χ0v) is 11.1. The average molecular weight is 316 g/mol. The predicted molar refractivity (Wildman–Crippen MR) is 69.2 cm³/mol. The van der Waals surface area contributed by atoms with Gasteiger partial charge in [-0.05, 0) is 30.9 Å². The molecule has 18 heavy (non-hydrogen) atoms. The van der Waals surface area contributed by atoms with Crippen molar-refractivity contribution in [3.63, 3.8) is 0 Å². The Labute approximate surface area is 112 Å². The summed E-state index contributed by atoms with van der Waals surface area (Å²) in [5.41, 5.74) is -0.384. The molecule has 0 radical (unpaired) electrons. The molecule has 1 aliphatic carbocycles. The summed E-state index contributed by atoms with van der Waals surface area (Å²) < 4.78 is 27.3. The summed E-state index contributed by atoms with van der Waals surface area (Å²) in [5.74, 6) is -1.76. The molecule has 0 fully saturated rings. The van der Waals surface area contributed by atoms with Gasteiger partial charge >= 0.3 is 0 Å². The van der Waals surface area contributed by atoms with E-state index in [9.17, 15) is 13.6 Å². The Hall–Kier alpha value is -1.23. The van der Waals surface area contributed by atoms with Crippen molar-refractivity contribution in [2.24, 2.45) is 5.92 Å². The highest BCUT2D eigenvalue weighted by Gasteiger charge is 2.17. The number of carbonyl (C=O) groups excluding carboxylic acids is 1. The number of carbonyl (C=O) groups is 1. The average Bonchev–Trinajstić information content (AvgIpc) is 2.76. The fourth-order valence-electron chi connectivity index (χ4n) is 1.96. The Kier molecular flexibility index (Phi) is 4.11. The van der Waals surface area contributed by atoms with E-state index in [0.29, 0.717) is 4.47 Å². The maximum absolute atomic E-state index is 13.5. The van der Waals surface area contributed by atoms with Crippen molar-refractivity contribution in [1.29, 1.82) is 0 Å². The number of amides is 1. The van der Waals surface area contributed by atoms with Crippen molar-refractivity contribution in [3.05, 3.63) is 40.4 Å². The molecule has 1 aliphatic rings. The van der Waals surface area contributed by atoms with Crippen LogP contribution in [0.5, 0.6) is 0 Å². The molecule has 0 spiro atoms. The van der Waals surface area contributed by atoms with Gasteiger partial charge in [-0.15, -0.1) is 0 Å². The van der Waals surface area contributed by atoms with Gasteiger partial charge in [0.05, 0.1) is 0 Å². The standard InChI is InChI=1S/C13H12BrF2NO/c14-9-6-10(15)13(11(16)7-9)17-12(18)5-8-3-1-2-4-8/h1,3,6-8H,2,4-5H2,(H,17,18). The van der Waals surface area contributed by atoms with Crippen LogP contribution in [0.3, 0.4) is 0 Å². The summed E-state index contributed by atoms with van der Waals surface area (Å²) in [4.78, 5) is 11.7. The van der Waals surface area contributed by atoms with E-state index in [-0.39, 0.29) is 23.9 Å². The van der Waals surface area contributed by atoms with Crippen molar-refractivity contribution in [3.8, 4) is 0 Å². The first-order valence-electron chi connectivity index (χ1n) is 5.67. The first-order chi connectivity index (χ1) is 8.56. The van der Waals surface area contributed by atoms with Crippen LogP contribution in [-0.2, 0) is 4.79 Å². The molecule has 0 saturated carbocycles. The SMILES string of the molecule is O=C(CC1C=CCC1)Nc1c(F)cc(Br)cc1F. The third-order valence-electron chi connectivity index (χ3n) is 2.83. The van der Waals surface area contributed by atoms with Crippen LogP contribution < -0.4 is 5.32 Å². The molecule has 1 atom stereocenters. The smallest absolute Gasteiger partial charge is 0.225 e. The number of hydrogen-bond donors (Lipinski definition) is 1. The summed E-state index contributed by atoms with van der Waals surface area (Å²) in [7, 11) is 0. The van der Waals surface area contributed by atoms with E-state index in [4.69, 9.17) is 0 Å². The number of allylic oxidation sites excluding steroid dienone is 2. The maximum Gasteiger partial charge on any atom is 0.225 e. The van der Waals surface area contributed by atoms with Gasteiger partial charge in [0.2, 0.25) is 5.91 Å². The maximum atomic E-state index is 13.5. The first kappa shape index (κ1) is 13.2. The summed E-state index contributed by atoms with van der Waals surface area (Å²) in [5, 5.41) is 2.29. The highest BCUT2D eigenvalue weighted by atomic mass is 79.9. The monoisotopic (exact) mass is 315 g/mol. The van der Waals surface area contributed by atoms with Gasteiger partial charge in [-0.25, -0.2) is 8.78 Å². The summed E-state index contributed by atoms with van der Waals surface area (Å²) in [6, 6.07) is 2.24. The molecule has 1 N–H and O–H groups in total. The van der Waals surface area contributed by atoms with Gasteiger partial charge in [-0.2, -0.15) is 0 Å². The zero-order chi connectivity index (χ0) is 13.1. The lowest BCUT2D eigenvalue weighted by Gasteiger charge is -2.10. The van der Waals surface area contributed by atoms with Crippen molar-refractivity contribution in [2.45, 2.75) is 19.3 Å². The van der Waals surface area contributed by atoms with Crippen LogP contribution in [0.2, 0.25) is 0 Å². The van der Waals surface area contributed by atoms with E-state index < -0.39 is 11.6 Å². The van der Waals surface area contributed by atoms with Crippen LogP contribution in [0, 0.1) is 17.6 Å². The Morgan fingerprint density at radius 2 is 2.06 bits per heavy atom. The highest BCUT2D eigenvalue weighted by molar-refractivity contribution is 9.10. The Balaban J connectivity index is 2.04. The van der Waals surface area contributed by atoms with Gasteiger partial charge in [0.25, 0.3) is 0 Å².